The molecule has 6 amide bonds. The Hall–Kier alpha value is -6.03. The Kier molecular flexibility index (Phi) is 18.8. The van der Waals surface area contributed by atoms with E-state index in [4.69, 9.17) is 30.2 Å². The molecule has 0 atom stereocenters. The van der Waals surface area contributed by atoms with Crippen LogP contribution in [0.5, 0.6) is 0 Å². The zero-order chi connectivity index (χ0) is 53.2. The smallest absolute Gasteiger partial charge is 0.466 e. The van der Waals surface area contributed by atoms with Crippen LogP contribution in [-0.2, 0) is 41.2 Å². The molecule has 0 saturated carbocycles. The van der Waals surface area contributed by atoms with Crippen molar-refractivity contribution in [3.05, 3.63) is 104 Å². The molecule has 0 unspecified atom stereocenters. The largest absolute Gasteiger partial charge is 0.496 e. The molecule has 0 radical (unpaired) electrons. The molecule has 25 heteroatoms. The molecule has 4 fully saturated rings. The van der Waals surface area contributed by atoms with E-state index in [1.54, 1.807) is 53.2 Å². The summed E-state index contributed by atoms with van der Waals surface area (Å²) in [6.07, 6.45) is 18.0. The minimum Gasteiger partial charge on any atom is -0.466 e. The molecular weight excluding hydrogens is 1200 g/mol. The van der Waals surface area contributed by atoms with Crippen molar-refractivity contribution < 1.29 is 47.5 Å². The molecule has 5 aromatic heterocycles. The maximum Gasteiger partial charge on any atom is 0.496 e. The maximum atomic E-state index is 11.7. The lowest BCUT2D eigenvalue weighted by atomic mass is 9.79. The number of carbonyl (C=O) groups is 5. The van der Waals surface area contributed by atoms with E-state index in [1.165, 1.54) is 9.80 Å². The zero-order valence-corrected chi connectivity index (χ0v) is 46.5. The van der Waals surface area contributed by atoms with E-state index < -0.39 is 19.2 Å². The van der Waals surface area contributed by atoms with E-state index in [2.05, 4.69) is 84.1 Å². The number of pyridine rings is 5. The number of aryl methyl sites for hydroxylation is 2. The van der Waals surface area contributed by atoms with Gasteiger partial charge in [0, 0.05) is 85.8 Å². The number of nitrogens with zero attached hydrogens (tertiary/aromatic N) is 9. The van der Waals surface area contributed by atoms with Crippen molar-refractivity contribution in [2.75, 3.05) is 65.6 Å². The summed E-state index contributed by atoms with van der Waals surface area (Å²) in [7, 11) is -0.438. The molecule has 21 nitrogen and oxygen atoms in total. The number of rotatable bonds is 4. The van der Waals surface area contributed by atoms with Crippen molar-refractivity contribution in [1.82, 2.24) is 24.9 Å². The topological polar surface area (TPSA) is 261 Å². The van der Waals surface area contributed by atoms with Crippen molar-refractivity contribution >= 4 is 120 Å². The van der Waals surface area contributed by atoms with Gasteiger partial charge in [-0.05, 0) is 150 Å². The van der Waals surface area contributed by atoms with Crippen molar-refractivity contribution in [3.8, 4) is 11.1 Å². The first-order chi connectivity index (χ1) is 35.3. The van der Waals surface area contributed by atoms with E-state index in [9.17, 15) is 24.0 Å². The highest BCUT2D eigenvalue weighted by molar-refractivity contribution is 14.1. The van der Waals surface area contributed by atoms with E-state index in [0.717, 1.165) is 78.0 Å². The van der Waals surface area contributed by atoms with Gasteiger partial charge in [-0.15, -0.1) is 0 Å². The Bertz CT molecular complexity index is 2830. The minimum atomic E-state index is -0.489. The number of aromatic nitrogens is 5. The average molecular weight is 1260 g/mol. The molecule has 11 heterocycles. The molecule has 390 valence electrons. The Morgan fingerprint density at radius 3 is 1.57 bits per heavy atom. The number of nitrogens with two attached hydrogens (primary N) is 2. The normalized spacial score (nSPS) is 17.8. The SMILES string of the molecule is Brc1cncc(I)c1.CC1(C)OB(c2cnc3c(c2)CCCN3C(N)=O)OC1(C)C.NC(=O)N1CCCc2cc(-c3cncc(N4CCOC4=O)c3)cnc21.O=C1CCCO1.O=C1OCCN1c1cncc(Br)c1. The van der Waals surface area contributed by atoms with Crippen LogP contribution in [0, 0.1) is 3.57 Å². The molecular formula is C49H55BBr2IN11O10. The van der Waals surface area contributed by atoms with Gasteiger partial charge in [-0.3, -0.25) is 39.3 Å². The summed E-state index contributed by atoms with van der Waals surface area (Å²) in [6.45, 7) is 11.9. The third kappa shape index (κ3) is 14.2. The number of anilines is 4. The second kappa shape index (κ2) is 25.0. The minimum absolute atomic E-state index is 0.0463. The summed E-state index contributed by atoms with van der Waals surface area (Å²) in [5, 5.41) is 0. The van der Waals surface area contributed by atoms with Crippen LogP contribution in [0.4, 0.5) is 42.2 Å². The Balaban J connectivity index is 0.000000147. The summed E-state index contributed by atoms with van der Waals surface area (Å²) in [6, 6.07) is 8.79. The molecule has 0 spiro atoms. The number of ether oxygens (including phenoxy) is 3. The molecule has 4 saturated heterocycles. The second-order valence-corrected chi connectivity index (χ2v) is 21.3. The number of halogens is 3. The highest BCUT2D eigenvalue weighted by Gasteiger charge is 2.52. The lowest BCUT2D eigenvalue weighted by Crippen LogP contribution is -2.41. The Morgan fingerprint density at radius 1 is 0.595 bits per heavy atom. The van der Waals surface area contributed by atoms with E-state index in [0.29, 0.717) is 69.7 Å². The van der Waals surface area contributed by atoms with Gasteiger partial charge in [0.2, 0.25) is 0 Å². The standard InChI is InChI=1S/C17H17N5O3.C15H22BN3O3.C8H7BrN2O2.C5H3BrIN.C4H6O2/c18-16(23)22-3-1-2-11-6-12(9-20-15(11)22)13-7-14(10-19-8-13)21-4-5-25-17(21)24;1-14(2)15(3,4)22-16(21-14)11-8-10-6-5-7-19(13(17)20)12(10)18-9-11;9-6-3-7(5-10-4-6)11-1-2-13-8(11)12;6-4-1-5(7)3-8-2-4;5-4-2-1-3-6-4/h6-10H,1-5H2,(H2,18,23);8-9H,5-7H2,1-4H3,(H2,17,20);3-5H,1-2H2;1-3H;1-3H2. The van der Waals surface area contributed by atoms with Gasteiger partial charge >= 0.3 is 37.3 Å². The number of hydrogen-bond acceptors (Lipinski definition) is 15. The number of hydrogen-bond donors (Lipinski definition) is 2. The summed E-state index contributed by atoms with van der Waals surface area (Å²) in [5.74, 6) is 1.23. The van der Waals surface area contributed by atoms with Crippen molar-refractivity contribution in [2.24, 2.45) is 11.5 Å². The number of primary amides is 2. The van der Waals surface area contributed by atoms with Crippen LogP contribution in [0.15, 0.2) is 88.9 Å². The first-order valence-corrected chi connectivity index (χ1v) is 26.3. The predicted octanol–water partition coefficient (Wildman–Crippen LogP) is 7.72. The summed E-state index contributed by atoms with van der Waals surface area (Å²) >= 11 is 8.80. The monoisotopic (exact) mass is 1250 g/mol. The van der Waals surface area contributed by atoms with Gasteiger partial charge in [-0.2, -0.15) is 0 Å². The third-order valence-corrected chi connectivity index (χ3v) is 13.9. The number of urea groups is 2. The Labute approximate surface area is 458 Å². The number of esters is 1. The molecule has 4 N–H and O–H groups in total. The molecule has 11 rings (SSSR count). The van der Waals surface area contributed by atoms with Gasteiger partial charge in [0.1, 0.15) is 24.8 Å². The van der Waals surface area contributed by atoms with E-state index in [-0.39, 0.29) is 29.4 Å². The van der Waals surface area contributed by atoms with Crippen LogP contribution in [0.2, 0.25) is 0 Å². The van der Waals surface area contributed by atoms with Crippen molar-refractivity contribution in [3.63, 3.8) is 0 Å². The van der Waals surface area contributed by atoms with Gasteiger partial charge in [-0.1, -0.05) is 6.07 Å². The number of fused-ring (bicyclic) bond motifs is 2. The van der Waals surface area contributed by atoms with E-state index >= 15 is 0 Å². The summed E-state index contributed by atoms with van der Waals surface area (Å²) in [4.78, 5) is 83.0. The second-order valence-electron chi connectivity index (χ2n) is 18.2. The molecule has 6 aliphatic heterocycles. The predicted molar refractivity (Wildman–Crippen MR) is 292 cm³/mol. The summed E-state index contributed by atoms with van der Waals surface area (Å²) < 4.78 is 29.4. The van der Waals surface area contributed by atoms with Crippen LogP contribution in [-0.4, -0.2) is 119 Å². The average Bonchev–Trinajstić information content (AvgIpc) is 4.19. The lowest BCUT2D eigenvalue weighted by molar-refractivity contribution is -0.137. The first-order valence-electron chi connectivity index (χ1n) is 23.6. The van der Waals surface area contributed by atoms with Gasteiger partial charge in [0.05, 0.1) is 54.7 Å². The van der Waals surface area contributed by atoms with Crippen molar-refractivity contribution in [2.45, 2.75) is 77.4 Å². The lowest BCUT2D eigenvalue weighted by Gasteiger charge is -2.32. The van der Waals surface area contributed by atoms with Crippen LogP contribution >= 0.6 is 54.5 Å². The molecule has 0 bridgehead atoms. The molecule has 74 heavy (non-hydrogen) atoms. The maximum absolute atomic E-state index is 11.7. The van der Waals surface area contributed by atoms with Gasteiger partial charge in [0.15, 0.2) is 0 Å². The van der Waals surface area contributed by atoms with Crippen LogP contribution < -0.4 is 36.5 Å². The van der Waals surface area contributed by atoms with Gasteiger partial charge < -0.3 is 35.0 Å². The van der Waals surface area contributed by atoms with Crippen molar-refractivity contribution in [1.29, 1.82) is 0 Å². The summed E-state index contributed by atoms with van der Waals surface area (Å²) in [5.41, 5.74) is 16.1. The van der Waals surface area contributed by atoms with E-state index in [1.807, 2.05) is 64.2 Å². The first kappa shape index (κ1) is 55.7. The van der Waals surface area contributed by atoms with Crippen LogP contribution in [0.3, 0.4) is 0 Å². The molecule has 0 aliphatic carbocycles. The number of cyclic esters (lactones) is 3. The van der Waals surface area contributed by atoms with Crippen LogP contribution in [0.1, 0.15) is 64.5 Å². The Morgan fingerprint density at radius 2 is 1.11 bits per heavy atom. The highest BCUT2D eigenvalue weighted by Crippen LogP contribution is 2.37. The van der Waals surface area contributed by atoms with Crippen LogP contribution in [0.25, 0.3) is 11.1 Å². The zero-order valence-electron chi connectivity index (χ0n) is 41.2. The number of amides is 6. The fourth-order valence-corrected chi connectivity index (χ4v) is 9.68. The third-order valence-electron chi connectivity index (χ3n) is 12.5. The molecule has 5 aromatic rings. The van der Waals surface area contributed by atoms with Gasteiger partial charge in [-0.25, -0.2) is 29.1 Å². The van der Waals surface area contributed by atoms with Gasteiger partial charge in [0.25, 0.3) is 0 Å². The highest BCUT2D eigenvalue weighted by atomic mass is 127. The quantitative estimate of drug-likeness (QED) is 0.0755. The molecule has 6 aliphatic rings. The fourth-order valence-electron chi connectivity index (χ4n) is 8.04. The fraction of sp³-hybridized carbons (Fsp3) is 0.388. The molecule has 0 aromatic carbocycles. The number of carbonyl (C=O) groups excluding carboxylic acids is 5.